The first-order valence-electron chi connectivity index (χ1n) is 5.50. The zero-order valence-corrected chi connectivity index (χ0v) is 11.1. The van der Waals surface area contributed by atoms with E-state index in [4.69, 9.17) is 22.1 Å². The fourth-order valence-corrected chi connectivity index (χ4v) is 1.57. The van der Waals surface area contributed by atoms with Gasteiger partial charge in [0.25, 0.3) is 11.6 Å². The summed E-state index contributed by atoms with van der Waals surface area (Å²) in [4.78, 5) is 32.0. The van der Waals surface area contributed by atoms with E-state index in [2.05, 4.69) is 5.32 Å². The summed E-state index contributed by atoms with van der Waals surface area (Å²) in [6.45, 7) is 0.0346. The number of nitro groups is 1. The lowest BCUT2D eigenvalue weighted by Crippen LogP contribution is -2.29. The highest BCUT2D eigenvalue weighted by Crippen LogP contribution is 2.22. The van der Waals surface area contributed by atoms with Gasteiger partial charge in [-0.3, -0.25) is 19.7 Å². The number of rotatable bonds is 7. The summed E-state index contributed by atoms with van der Waals surface area (Å²) in [5, 5.41) is 13.0. The molecule has 8 nitrogen and oxygen atoms in total. The number of carbonyl (C=O) groups excluding carboxylic acids is 2. The van der Waals surface area contributed by atoms with Crippen LogP contribution >= 0.6 is 11.6 Å². The van der Waals surface area contributed by atoms with Gasteiger partial charge in [0.1, 0.15) is 6.61 Å². The number of non-ortho nitro benzene ring substituents is 1. The van der Waals surface area contributed by atoms with Crippen LogP contribution in [0.25, 0.3) is 0 Å². The topological polar surface area (TPSA) is 125 Å². The van der Waals surface area contributed by atoms with Gasteiger partial charge in [-0.1, -0.05) is 11.6 Å². The highest BCUT2D eigenvalue weighted by molar-refractivity contribution is 6.34. The number of amides is 2. The summed E-state index contributed by atoms with van der Waals surface area (Å²) in [7, 11) is 0. The molecule has 1 rings (SSSR count). The van der Waals surface area contributed by atoms with E-state index in [0.29, 0.717) is 0 Å². The normalized spacial score (nSPS) is 10.1. The van der Waals surface area contributed by atoms with Crippen LogP contribution in [-0.2, 0) is 9.53 Å². The van der Waals surface area contributed by atoms with Crippen LogP contribution in [0.3, 0.4) is 0 Å². The molecule has 9 heteroatoms. The minimum atomic E-state index is -0.606. The maximum absolute atomic E-state index is 11.7. The van der Waals surface area contributed by atoms with Crippen LogP contribution in [0.4, 0.5) is 5.69 Å². The standard InChI is InChI=1S/C11H12ClN3O5/c12-9-5-7(15(18)19)1-2-8(9)11(17)14-3-4-20-6-10(13)16/h1-2,5H,3-4,6H2,(H2,13,16)(H,14,17). The first kappa shape index (κ1) is 15.9. The third-order valence-corrected chi connectivity index (χ3v) is 2.50. The highest BCUT2D eigenvalue weighted by Gasteiger charge is 2.14. The molecule has 0 radical (unpaired) electrons. The molecule has 0 bridgehead atoms. The van der Waals surface area contributed by atoms with E-state index in [-0.39, 0.29) is 36.0 Å². The zero-order valence-electron chi connectivity index (χ0n) is 10.3. The number of nitro benzene ring substituents is 1. The molecule has 0 aliphatic heterocycles. The first-order valence-corrected chi connectivity index (χ1v) is 5.88. The van der Waals surface area contributed by atoms with Gasteiger partial charge in [-0.15, -0.1) is 0 Å². The fourth-order valence-electron chi connectivity index (χ4n) is 1.31. The number of hydrogen-bond donors (Lipinski definition) is 2. The average Bonchev–Trinajstić information content (AvgIpc) is 2.37. The van der Waals surface area contributed by atoms with Crippen LogP contribution in [0.15, 0.2) is 18.2 Å². The predicted octanol–water partition coefficient (Wildman–Crippen LogP) is 0.480. The van der Waals surface area contributed by atoms with Gasteiger partial charge < -0.3 is 15.8 Å². The molecule has 20 heavy (non-hydrogen) atoms. The fraction of sp³-hybridized carbons (Fsp3) is 0.273. The molecular weight excluding hydrogens is 290 g/mol. The van der Waals surface area contributed by atoms with Gasteiger partial charge in [-0.25, -0.2) is 0 Å². The quantitative estimate of drug-likeness (QED) is 0.430. The van der Waals surface area contributed by atoms with Crippen molar-refractivity contribution in [1.29, 1.82) is 0 Å². The molecule has 0 unspecified atom stereocenters. The van der Waals surface area contributed by atoms with Crippen molar-refractivity contribution in [2.24, 2.45) is 5.73 Å². The second kappa shape index (κ2) is 7.41. The van der Waals surface area contributed by atoms with Crippen molar-refractivity contribution < 1.29 is 19.2 Å². The summed E-state index contributed by atoms with van der Waals surface area (Å²) < 4.78 is 4.85. The van der Waals surface area contributed by atoms with Gasteiger partial charge in [0.2, 0.25) is 5.91 Å². The minimum Gasteiger partial charge on any atom is -0.370 e. The van der Waals surface area contributed by atoms with Crippen LogP contribution in [0.2, 0.25) is 5.02 Å². The van der Waals surface area contributed by atoms with Gasteiger partial charge in [0.15, 0.2) is 0 Å². The molecule has 0 fully saturated rings. The Kier molecular flexibility index (Phi) is 5.88. The number of ether oxygens (including phenoxy) is 1. The average molecular weight is 302 g/mol. The molecule has 1 aromatic carbocycles. The van der Waals surface area contributed by atoms with Gasteiger partial charge in [-0.2, -0.15) is 0 Å². The number of nitrogens with two attached hydrogens (primary N) is 1. The van der Waals surface area contributed by atoms with Crippen LogP contribution in [0, 0.1) is 10.1 Å². The Bertz CT molecular complexity index is 535. The maximum atomic E-state index is 11.7. The number of primary amides is 1. The lowest BCUT2D eigenvalue weighted by atomic mass is 10.2. The van der Waals surface area contributed by atoms with Crippen molar-refractivity contribution in [2.75, 3.05) is 19.8 Å². The maximum Gasteiger partial charge on any atom is 0.270 e. The Hall–Kier alpha value is -2.19. The molecule has 0 aliphatic rings. The Morgan fingerprint density at radius 1 is 1.45 bits per heavy atom. The van der Waals surface area contributed by atoms with E-state index in [0.717, 1.165) is 6.07 Å². The van der Waals surface area contributed by atoms with Gasteiger partial charge in [0, 0.05) is 18.7 Å². The Morgan fingerprint density at radius 3 is 2.70 bits per heavy atom. The van der Waals surface area contributed by atoms with E-state index in [9.17, 15) is 19.7 Å². The molecule has 2 amide bonds. The molecule has 108 valence electrons. The largest absolute Gasteiger partial charge is 0.370 e. The van der Waals surface area contributed by atoms with Gasteiger partial charge in [-0.05, 0) is 6.07 Å². The van der Waals surface area contributed by atoms with Gasteiger partial charge >= 0.3 is 0 Å². The van der Waals surface area contributed by atoms with Crippen molar-refractivity contribution in [2.45, 2.75) is 0 Å². The van der Waals surface area contributed by atoms with Crippen LogP contribution in [0.1, 0.15) is 10.4 Å². The number of nitrogens with zero attached hydrogens (tertiary/aromatic N) is 1. The smallest absolute Gasteiger partial charge is 0.270 e. The molecule has 0 aromatic heterocycles. The second-order valence-electron chi connectivity index (χ2n) is 3.70. The molecule has 0 saturated carbocycles. The molecule has 0 atom stereocenters. The molecule has 1 aromatic rings. The number of carbonyl (C=O) groups is 2. The van der Waals surface area contributed by atoms with Crippen molar-refractivity contribution in [3.05, 3.63) is 38.9 Å². The third kappa shape index (κ3) is 4.82. The molecule has 0 aliphatic carbocycles. The number of benzene rings is 1. The van der Waals surface area contributed by atoms with Crippen LogP contribution < -0.4 is 11.1 Å². The summed E-state index contributed by atoms with van der Waals surface area (Å²) in [5.41, 5.74) is 4.78. The van der Waals surface area contributed by atoms with E-state index < -0.39 is 16.7 Å². The molecular formula is C11H12ClN3O5. The van der Waals surface area contributed by atoms with Crippen molar-refractivity contribution in [3.8, 4) is 0 Å². The van der Waals surface area contributed by atoms with Crippen molar-refractivity contribution in [1.82, 2.24) is 5.32 Å². The molecule has 0 spiro atoms. The lowest BCUT2D eigenvalue weighted by Gasteiger charge is -2.06. The van der Waals surface area contributed by atoms with E-state index in [1.165, 1.54) is 12.1 Å². The minimum absolute atomic E-state index is 0.0187. The Labute approximate surface area is 119 Å². The number of hydrogen-bond acceptors (Lipinski definition) is 5. The zero-order chi connectivity index (χ0) is 15.1. The van der Waals surface area contributed by atoms with E-state index >= 15 is 0 Å². The monoisotopic (exact) mass is 301 g/mol. The highest BCUT2D eigenvalue weighted by atomic mass is 35.5. The Morgan fingerprint density at radius 2 is 2.15 bits per heavy atom. The molecule has 0 heterocycles. The summed E-state index contributed by atoms with van der Waals surface area (Å²) in [6, 6.07) is 3.55. The van der Waals surface area contributed by atoms with E-state index in [1.807, 2.05) is 0 Å². The van der Waals surface area contributed by atoms with Crippen LogP contribution in [-0.4, -0.2) is 36.5 Å². The van der Waals surface area contributed by atoms with Crippen LogP contribution in [0.5, 0.6) is 0 Å². The van der Waals surface area contributed by atoms with Crippen molar-refractivity contribution in [3.63, 3.8) is 0 Å². The van der Waals surface area contributed by atoms with Gasteiger partial charge in [0.05, 0.1) is 22.1 Å². The predicted molar refractivity (Wildman–Crippen MR) is 70.5 cm³/mol. The van der Waals surface area contributed by atoms with E-state index in [1.54, 1.807) is 0 Å². The molecule has 3 N–H and O–H groups in total. The lowest BCUT2D eigenvalue weighted by molar-refractivity contribution is -0.384. The third-order valence-electron chi connectivity index (χ3n) is 2.18. The molecule has 0 saturated heterocycles. The summed E-state index contributed by atoms with van der Waals surface area (Å²) in [5.74, 6) is -1.10. The first-order chi connectivity index (χ1) is 9.41. The number of halogens is 1. The summed E-state index contributed by atoms with van der Waals surface area (Å²) >= 11 is 5.79. The Balaban J connectivity index is 2.51. The number of nitrogens with one attached hydrogen (secondary N) is 1. The van der Waals surface area contributed by atoms with Crippen molar-refractivity contribution >= 4 is 29.1 Å². The summed E-state index contributed by atoms with van der Waals surface area (Å²) in [6.07, 6.45) is 0. The second-order valence-corrected chi connectivity index (χ2v) is 4.10. The SMILES string of the molecule is NC(=O)COCCNC(=O)c1ccc([N+](=O)[O-])cc1Cl.